The van der Waals surface area contributed by atoms with Crippen LogP contribution in [0.25, 0.3) is 0 Å². The van der Waals surface area contributed by atoms with Gasteiger partial charge in [-0.25, -0.2) is 0 Å². The highest BCUT2D eigenvalue weighted by atomic mass is 16.6. The molecule has 5 nitrogen and oxygen atoms in total. The minimum Gasteiger partial charge on any atom is -0.312 e. The van der Waals surface area contributed by atoms with Crippen molar-refractivity contribution >= 4 is 5.69 Å². The van der Waals surface area contributed by atoms with E-state index in [4.69, 9.17) is 0 Å². The molecular formula is C14H21N3O2. The lowest BCUT2D eigenvalue weighted by Crippen LogP contribution is -2.34. The van der Waals surface area contributed by atoms with Crippen LogP contribution in [0.2, 0.25) is 0 Å². The Morgan fingerprint density at radius 3 is 2.53 bits per heavy atom. The Morgan fingerprint density at radius 1 is 1.32 bits per heavy atom. The summed E-state index contributed by atoms with van der Waals surface area (Å²) in [4.78, 5) is 12.5. The first-order chi connectivity index (χ1) is 9.15. The summed E-state index contributed by atoms with van der Waals surface area (Å²) >= 11 is 0. The Bertz CT molecular complexity index is 411. The molecule has 104 valence electrons. The van der Waals surface area contributed by atoms with Gasteiger partial charge in [0, 0.05) is 18.7 Å². The highest BCUT2D eigenvalue weighted by Gasteiger charge is 2.15. The van der Waals surface area contributed by atoms with Gasteiger partial charge >= 0.3 is 0 Å². The predicted octanol–water partition coefficient (Wildman–Crippen LogP) is 2.03. The molecule has 0 bridgehead atoms. The SMILES string of the molecule is CN1CCC(CNCc2ccc([N+](=O)[O-])cc2)CC1. The summed E-state index contributed by atoms with van der Waals surface area (Å²) in [6.45, 7) is 4.18. The second kappa shape index (κ2) is 6.63. The standard InChI is InChI=1S/C14H21N3O2/c1-16-8-6-13(7-9-16)11-15-10-12-2-4-14(5-3-12)17(18)19/h2-5,13,15H,6-11H2,1H3. The molecule has 1 N–H and O–H groups in total. The van der Waals surface area contributed by atoms with Gasteiger partial charge < -0.3 is 10.2 Å². The maximum atomic E-state index is 10.5. The molecule has 2 rings (SSSR count). The number of hydrogen-bond donors (Lipinski definition) is 1. The smallest absolute Gasteiger partial charge is 0.269 e. The largest absolute Gasteiger partial charge is 0.312 e. The molecule has 1 aliphatic rings. The van der Waals surface area contributed by atoms with Crippen molar-refractivity contribution in [3.8, 4) is 0 Å². The minimum atomic E-state index is -0.365. The average molecular weight is 263 g/mol. The number of piperidine rings is 1. The first-order valence-electron chi connectivity index (χ1n) is 6.78. The Hall–Kier alpha value is -1.46. The zero-order valence-electron chi connectivity index (χ0n) is 11.3. The molecule has 1 saturated heterocycles. The molecule has 0 radical (unpaired) electrons. The van der Waals surface area contributed by atoms with Gasteiger partial charge in [-0.2, -0.15) is 0 Å². The van der Waals surface area contributed by atoms with E-state index in [-0.39, 0.29) is 10.6 Å². The summed E-state index contributed by atoms with van der Waals surface area (Å²) < 4.78 is 0. The summed E-state index contributed by atoms with van der Waals surface area (Å²) in [7, 11) is 2.17. The van der Waals surface area contributed by atoms with Gasteiger partial charge in [0.05, 0.1) is 4.92 Å². The number of nitrogens with one attached hydrogen (secondary N) is 1. The van der Waals surface area contributed by atoms with Crippen LogP contribution in [0.3, 0.4) is 0 Å². The van der Waals surface area contributed by atoms with Crippen LogP contribution in [0.5, 0.6) is 0 Å². The number of benzene rings is 1. The van der Waals surface area contributed by atoms with Gasteiger partial charge in [-0.05, 0) is 51.0 Å². The normalized spacial score (nSPS) is 17.5. The van der Waals surface area contributed by atoms with E-state index >= 15 is 0 Å². The zero-order chi connectivity index (χ0) is 13.7. The number of rotatable bonds is 5. The van der Waals surface area contributed by atoms with E-state index in [1.165, 1.54) is 25.9 Å². The lowest BCUT2D eigenvalue weighted by atomic mass is 9.97. The number of nitrogens with zero attached hydrogens (tertiary/aromatic N) is 2. The van der Waals surface area contributed by atoms with Gasteiger partial charge in [-0.1, -0.05) is 12.1 Å². The van der Waals surface area contributed by atoms with Crippen LogP contribution < -0.4 is 5.32 Å². The third-order valence-corrected chi connectivity index (χ3v) is 3.75. The van der Waals surface area contributed by atoms with E-state index in [1.54, 1.807) is 12.1 Å². The predicted molar refractivity (Wildman–Crippen MR) is 75.0 cm³/mol. The Kier molecular flexibility index (Phi) is 4.87. The molecule has 0 spiro atoms. The van der Waals surface area contributed by atoms with Gasteiger partial charge in [0.25, 0.3) is 5.69 Å². The van der Waals surface area contributed by atoms with Crippen molar-refractivity contribution in [3.63, 3.8) is 0 Å². The zero-order valence-corrected chi connectivity index (χ0v) is 11.3. The number of nitro benzene ring substituents is 1. The van der Waals surface area contributed by atoms with Gasteiger partial charge in [0.2, 0.25) is 0 Å². The van der Waals surface area contributed by atoms with Crippen molar-refractivity contribution in [1.29, 1.82) is 0 Å². The van der Waals surface area contributed by atoms with Crippen molar-refractivity contribution in [1.82, 2.24) is 10.2 Å². The number of hydrogen-bond acceptors (Lipinski definition) is 4. The Balaban J connectivity index is 1.72. The second-order valence-electron chi connectivity index (χ2n) is 5.30. The Morgan fingerprint density at radius 2 is 1.95 bits per heavy atom. The summed E-state index contributed by atoms with van der Waals surface area (Å²) in [6, 6.07) is 6.76. The van der Waals surface area contributed by atoms with Gasteiger partial charge in [0.1, 0.15) is 0 Å². The summed E-state index contributed by atoms with van der Waals surface area (Å²) in [5, 5.41) is 14.0. The summed E-state index contributed by atoms with van der Waals surface area (Å²) in [6.07, 6.45) is 2.51. The number of likely N-dealkylation sites (tertiary alicyclic amines) is 1. The summed E-state index contributed by atoms with van der Waals surface area (Å²) in [5.41, 5.74) is 1.25. The second-order valence-corrected chi connectivity index (χ2v) is 5.30. The highest BCUT2D eigenvalue weighted by molar-refractivity contribution is 5.32. The molecule has 1 aromatic rings. The molecule has 1 aliphatic heterocycles. The van der Waals surface area contributed by atoms with Crippen LogP contribution in [0.15, 0.2) is 24.3 Å². The van der Waals surface area contributed by atoms with Crippen molar-refractivity contribution in [2.45, 2.75) is 19.4 Å². The van der Waals surface area contributed by atoms with Gasteiger partial charge in [-0.15, -0.1) is 0 Å². The van der Waals surface area contributed by atoms with Crippen molar-refractivity contribution in [3.05, 3.63) is 39.9 Å². The molecule has 5 heteroatoms. The fraction of sp³-hybridized carbons (Fsp3) is 0.571. The lowest BCUT2D eigenvalue weighted by Gasteiger charge is -2.29. The van der Waals surface area contributed by atoms with Crippen LogP contribution in [-0.2, 0) is 6.54 Å². The molecule has 1 fully saturated rings. The van der Waals surface area contributed by atoms with Crippen LogP contribution in [-0.4, -0.2) is 36.5 Å². The first kappa shape index (κ1) is 14.0. The minimum absolute atomic E-state index is 0.152. The maximum absolute atomic E-state index is 10.5. The number of nitro groups is 1. The molecule has 0 saturated carbocycles. The molecular weight excluding hydrogens is 242 g/mol. The van der Waals surface area contributed by atoms with E-state index in [2.05, 4.69) is 17.3 Å². The maximum Gasteiger partial charge on any atom is 0.269 e. The highest BCUT2D eigenvalue weighted by Crippen LogP contribution is 2.15. The topological polar surface area (TPSA) is 58.4 Å². The lowest BCUT2D eigenvalue weighted by molar-refractivity contribution is -0.384. The third kappa shape index (κ3) is 4.29. The molecule has 0 atom stereocenters. The van der Waals surface area contributed by atoms with Gasteiger partial charge in [-0.3, -0.25) is 10.1 Å². The summed E-state index contributed by atoms with van der Waals surface area (Å²) in [5.74, 6) is 0.759. The fourth-order valence-corrected chi connectivity index (χ4v) is 2.42. The van der Waals surface area contributed by atoms with E-state index in [0.29, 0.717) is 0 Å². The molecule has 1 heterocycles. The average Bonchev–Trinajstić information content (AvgIpc) is 2.41. The van der Waals surface area contributed by atoms with E-state index in [1.807, 2.05) is 12.1 Å². The Labute approximate surface area is 113 Å². The fourth-order valence-electron chi connectivity index (χ4n) is 2.42. The van der Waals surface area contributed by atoms with Gasteiger partial charge in [0.15, 0.2) is 0 Å². The van der Waals surface area contributed by atoms with Crippen LogP contribution in [0, 0.1) is 16.0 Å². The molecule has 19 heavy (non-hydrogen) atoms. The van der Waals surface area contributed by atoms with E-state index < -0.39 is 0 Å². The molecule has 0 aliphatic carbocycles. The van der Waals surface area contributed by atoms with Crippen LogP contribution >= 0.6 is 0 Å². The van der Waals surface area contributed by atoms with Crippen molar-refractivity contribution in [2.75, 3.05) is 26.7 Å². The van der Waals surface area contributed by atoms with Crippen molar-refractivity contribution < 1.29 is 4.92 Å². The molecule has 0 aromatic heterocycles. The number of non-ortho nitro benzene ring substituents is 1. The van der Waals surface area contributed by atoms with E-state index in [0.717, 1.165) is 24.6 Å². The molecule has 1 aromatic carbocycles. The van der Waals surface area contributed by atoms with Crippen molar-refractivity contribution in [2.24, 2.45) is 5.92 Å². The third-order valence-electron chi connectivity index (χ3n) is 3.75. The molecule has 0 amide bonds. The monoisotopic (exact) mass is 263 g/mol. The van der Waals surface area contributed by atoms with Crippen LogP contribution in [0.4, 0.5) is 5.69 Å². The molecule has 0 unspecified atom stereocenters. The first-order valence-corrected chi connectivity index (χ1v) is 6.78. The quantitative estimate of drug-likeness (QED) is 0.652. The van der Waals surface area contributed by atoms with Crippen LogP contribution in [0.1, 0.15) is 18.4 Å². The van der Waals surface area contributed by atoms with E-state index in [9.17, 15) is 10.1 Å².